The lowest BCUT2D eigenvalue weighted by Gasteiger charge is -2.43. The average Bonchev–Trinajstić information content (AvgIpc) is 3.22. The van der Waals surface area contributed by atoms with Gasteiger partial charge in [0.2, 0.25) is 5.91 Å². The van der Waals surface area contributed by atoms with Crippen LogP contribution in [-0.2, 0) is 4.79 Å². The second-order valence-corrected chi connectivity index (χ2v) is 9.90. The van der Waals surface area contributed by atoms with Gasteiger partial charge in [-0.15, -0.1) is 0 Å². The van der Waals surface area contributed by atoms with Crippen molar-refractivity contribution in [2.75, 3.05) is 45.8 Å². The van der Waals surface area contributed by atoms with Gasteiger partial charge in [0.1, 0.15) is 0 Å². The molecule has 7 nitrogen and oxygen atoms in total. The maximum atomic E-state index is 12.9. The van der Waals surface area contributed by atoms with Gasteiger partial charge in [0.05, 0.1) is 12.1 Å². The van der Waals surface area contributed by atoms with Gasteiger partial charge in [0.15, 0.2) is 0 Å². The maximum absolute atomic E-state index is 12.9. The lowest BCUT2D eigenvalue weighted by molar-refractivity contribution is -0.182. The topological polar surface area (TPSA) is 85.7 Å². The maximum Gasteiger partial charge on any atom is 0.393 e. The molecular formula is C21H37F3N6O. The molecule has 1 aliphatic carbocycles. The summed E-state index contributed by atoms with van der Waals surface area (Å²) in [6.07, 6.45) is 0.656. The minimum Gasteiger partial charge on any atom is -0.369 e. The summed E-state index contributed by atoms with van der Waals surface area (Å²) in [6, 6.07) is 0.422. The van der Waals surface area contributed by atoms with Crippen LogP contribution in [0.4, 0.5) is 13.2 Å². The highest BCUT2D eigenvalue weighted by atomic mass is 19.4. The highest BCUT2D eigenvalue weighted by Crippen LogP contribution is 2.35. The summed E-state index contributed by atoms with van der Waals surface area (Å²) in [5.74, 6) is -0.224. The Balaban J connectivity index is 1.20. The van der Waals surface area contributed by atoms with Crippen molar-refractivity contribution in [1.29, 1.82) is 0 Å². The second kappa shape index (κ2) is 9.91. The number of amides is 1. The largest absolute Gasteiger partial charge is 0.393 e. The number of hydrogen-bond acceptors (Lipinski definition) is 6. The van der Waals surface area contributed by atoms with Crippen molar-refractivity contribution in [2.24, 2.45) is 29.4 Å². The molecule has 4 rings (SSSR count). The number of hydrazine groups is 1. The average molecular weight is 447 g/mol. The highest BCUT2D eigenvalue weighted by Gasteiger charge is 2.43. The number of primary amides is 1. The molecule has 31 heavy (non-hydrogen) atoms. The molecule has 1 amide bonds. The standard InChI is InChI=1S/C21H37F3N6O/c22-21(23,24)17-5-6-18(26-12-17)30-9-7-29(8-10-30)13-16-11-27-28-19(16)14-1-3-15(4-2-14)20(25)31/h14-19,26-28H,1-13H2,(H2,25,31). The van der Waals surface area contributed by atoms with Gasteiger partial charge in [-0.3, -0.25) is 20.5 Å². The molecule has 178 valence electrons. The Morgan fingerprint density at radius 1 is 0.968 bits per heavy atom. The molecular weight excluding hydrogens is 409 g/mol. The SMILES string of the molecule is NC(=O)C1CCC(C2NNCC2CN2CCN(C3CCC(C(F)(F)F)CN3)CC2)CC1. The van der Waals surface area contributed by atoms with Gasteiger partial charge in [0.25, 0.3) is 0 Å². The number of rotatable bonds is 5. The Kier molecular flexibility index (Phi) is 7.42. The molecule has 5 N–H and O–H groups in total. The number of alkyl halides is 3. The first-order valence-corrected chi connectivity index (χ1v) is 11.9. The monoisotopic (exact) mass is 446 g/mol. The Hall–Kier alpha value is -0.940. The van der Waals surface area contributed by atoms with Crippen LogP contribution in [0.5, 0.6) is 0 Å². The van der Waals surface area contributed by atoms with Crippen molar-refractivity contribution >= 4 is 5.91 Å². The van der Waals surface area contributed by atoms with Gasteiger partial charge in [-0.2, -0.15) is 13.2 Å². The van der Waals surface area contributed by atoms with Crippen LogP contribution in [0.25, 0.3) is 0 Å². The third-order valence-electron chi connectivity index (χ3n) is 8.01. The van der Waals surface area contributed by atoms with E-state index in [1.807, 2.05) is 0 Å². The molecule has 10 heteroatoms. The molecule has 0 bridgehead atoms. The predicted octanol–water partition coefficient (Wildman–Crippen LogP) is 0.876. The van der Waals surface area contributed by atoms with E-state index in [0.29, 0.717) is 24.3 Å². The first kappa shape index (κ1) is 23.2. The zero-order valence-corrected chi connectivity index (χ0v) is 18.2. The van der Waals surface area contributed by atoms with Crippen LogP contribution in [-0.4, -0.2) is 79.9 Å². The Morgan fingerprint density at radius 3 is 2.26 bits per heavy atom. The molecule has 0 aromatic carbocycles. The molecule has 4 aliphatic rings. The number of nitrogens with two attached hydrogens (primary N) is 1. The number of nitrogens with one attached hydrogen (secondary N) is 3. The van der Waals surface area contributed by atoms with Crippen molar-refractivity contribution in [3.8, 4) is 0 Å². The number of piperidine rings is 1. The summed E-state index contributed by atoms with van der Waals surface area (Å²) >= 11 is 0. The van der Waals surface area contributed by atoms with Crippen LogP contribution in [0.3, 0.4) is 0 Å². The van der Waals surface area contributed by atoms with E-state index in [2.05, 4.69) is 26.0 Å². The van der Waals surface area contributed by atoms with E-state index in [0.717, 1.165) is 65.0 Å². The quantitative estimate of drug-likeness (QED) is 0.502. The predicted molar refractivity (Wildman–Crippen MR) is 112 cm³/mol. The molecule has 0 radical (unpaired) electrons. The van der Waals surface area contributed by atoms with Crippen LogP contribution < -0.4 is 21.9 Å². The molecule has 3 aliphatic heterocycles. The lowest BCUT2D eigenvalue weighted by atomic mass is 9.75. The fraction of sp³-hybridized carbons (Fsp3) is 0.952. The van der Waals surface area contributed by atoms with Crippen molar-refractivity contribution in [1.82, 2.24) is 26.0 Å². The van der Waals surface area contributed by atoms with Crippen molar-refractivity contribution in [3.63, 3.8) is 0 Å². The molecule has 0 aromatic rings. The molecule has 4 atom stereocenters. The van der Waals surface area contributed by atoms with E-state index in [9.17, 15) is 18.0 Å². The van der Waals surface area contributed by atoms with Crippen LogP contribution in [0.15, 0.2) is 0 Å². The van der Waals surface area contributed by atoms with Crippen molar-refractivity contribution in [3.05, 3.63) is 0 Å². The molecule has 1 saturated carbocycles. The fourth-order valence-electron chi connectivity index (χ4n) is 6.02. The summed E-state index contributed by atoms with van der Waals surface area (Å²) in [6.45, 7) is 5.73. The fourth-order valence-corrected chi connectivity index (χ4v) is 6.02. The molecule has 0 spiro atoms. The lowest BCUT2D eigenvalue weighted by Crippen LogP contribution is -2.58. The minimum absolute atomic E-state index is 0.0352. The first-order chi connectivity index (χ1) is 14.8. The van der Waals surface area contributed by atoms with E-state index >= 15 is 0 Å². The van der Waals surface area contributed by atoms with E-state index < -0.39 is 12.1 Å². The Bertz CT molecular complexity index is 596. The number of piperazine rings is 1. The summed E-state index contributed by atoms with van der Waals surface area (Å²) in [5, 5.41) is 3.13. The smallest absolute Gasteiger partial charge is 0.369 e. The summed E-state index contributed by atoms with van der Waals surface area (Å²) in [4.78, 5) is 16.3. The molecule has 0 aromatic heterocycles. The number of carbonyl (C=O) groups is 1. The third-order valence-corrected chi connectivity index (χ3v) is 8.01. The minimum atomic E-state index is -4.09. The van der Waals surface area contributed by atoms with Crippen LogP contribution in [0.1, 0.15) is 38.5 Å². The van der Waals surface area contributed by atoms with Crippen molar-refractivity contribution in [2.45, 2.75) is 56.9 Å². The number of nitrogens with zero attached hydrogens (tertiary/aromatic N) is 2. The van der Waals surface area contributed by atoms with E-state index in [4.69, 9.17) is 5.73 Å². The number of hydrogen-bond donors (Lipinski definition) is 4. The van der Waals surface area contributed by atoms with E-state index in [-0.39, 0.29) is 31.0 Å². The van der Waals surface area contributed by atoms with Crippen LogP contribution >= 0.6 is 0 Å². The van der Waals surface area contributed by atoms with Crippen molar-refractivity contribution < 1.29 is 18.0 Å². The zero-order chi connectivity index (χ0) is 22.0. The van der Waals surface area contributed by atoms with Gasteiger partial charge in [-0.1, -0.05) is 0 Å². The normalized spacial score (nSPS) is 38.9. The second-order valence-electron chi connectivity index (χ2n) is 9.90. The number of carbonyl (C=O) groups excluding carboxylic acids is 1. The molecule has 3 saturated heterocycles. The van der Waals surface area contributed by atoms with Gasteiger partial charge in [0, 0.05) is 63.7 Å². The van der Waals surface area contributed by atoms with Gasteiger partial charge < -0.3 is 16.0 Å². The Morgan fingerprint density at radius 2 is 1.68 bits per heavy atom. The summed E-state index contributed by atoms with van der Waals surface area (Å²) in [7, 11) is 0. The molecule has 3 heterocycles. The van der Waals surface area contributed by atoms with Gasteiger partial charge in [-0.05, 0) is 44.4 Å². The van der Waals surface area contributed by atoms with Crippen LogP contribution in [0.2, 0.25) is 0 Å². The zero-order valence-electron chi connectivity index (χ0n) is 18.2. The Labute approximate surface area is 182 Å². The molecule has 4 unspecified atom stereocenters. The highest BCUT2D eigenvalue weighted by molar-refractivity contribution is 5.76. The third kappa shape index (κ3) is 5.71. The first-order valence-electron chi connectivity index (χ1n) is 11.9. The summed E-state index contributed by atoms with van der Waals surface area (Å²) in [5.41, 5.74) is 12.3. The molecule has 4 fully saturated rings. The number of halogens is 3. The van der Waals surface area contributed by atoms with E-state index in [1.165, 1.54) is 0 Å². The van der Waals surface area contributed by atoms with Gasteiger partial charge in [-0.25, -0.2) is 0 Å². The van der Waals surface area contributed by atoms with Crippen LogP contribution in [0, 0.1) is 23.7 Å². The van der Waals surface area contributed by atoms with Gasteiger partial charge >= 0.3 is 6.18 Å². The van der Waals surface area contributed by atoms with E-state index in [1.54, 1.807) is 0 Å². The summed E-state index contributed by atoms with van der Waals surface area (Å²) < 4.78 is 38.7.